The Morgan fingerprint density at radius 1 is 0.833 bits per heavy atom. The van der Waals surface area contributed by atoms with Gasteiger partial charge >= 0.3 is 0 Å². The highest BCUT2D eigenvalue weighted by molar-refractivity contribution is 5.90. The maximum Gasteiger partial charge on any atom is 0.268 e. The number of amides is 1. The largest absolute Gasteiger partial charge is 0.364 e. The molecule has 0 unspecified atom stereocenters. The molecule has 0 aliphatic heterocycles. The van der Waals surface area contributed by atoms with Crippen LogP contribution in [-0.4, -0.2) is 15.9 Å². The van der Waals surface area contributed by atoms with Gasteiger partial charge in [-0.2, -0.15) is 0 Å². The van der Waals surface area contributed by atoms with Crippen LogP contribution in [0.4, 0.5) is 5.82 Å². The van der Waals surface area contributed by atoms with Gasteiger partial charge in [-0.25, -0.2) is 9.97 Å². The number of benzene rings is 2. The molecular weight excluding hydrogens is 300 g/mol. The number of carbonyl (C=O) groups is 1. The van der Waals surface area contributed by atoms with Crippen LogP contribution in [0.5, 0.6) is 0 Å². The van der Waals surface area contributed by atoms with E-state index in [1.807, 2.05) is 36.4 Å². The van der Waals surface area contributed by atoms with Gasteiger partial charge in [0.05, 0.1) is 12.4 Å². The summed E-state index contributed by atoms with van der Waals surface area (Å²) in [7, 11) is 0. The molecule has 0 saturated heterocycles. The van der Waals surface area contributed by atoms with E-state index in [-0.39, 0.29) is 5.69 Å². The van der Waals surface area contributed by atoms with Crippen LogP contribution in [0.3, 0.4) is 0 Å². The predicted molar refractivity (Wildman–Crippen MR) is 93.3 cm³/mol. The van der Waals surface area contributed by atoms with Crippen molar-refractivity contribution in [2.75, 3.05) is 4.90 Å². The first-order valence-electron chi connectivity index (χ1n) is 7.67. The quantitative estimate of drug-likeness (QED) is 0.758. The van der Waals surface area contributed by atoms with Gasteiger partial charge in [-0.3, -0.25) is 4.79 Å². The third-order valence-corrected chi connectivity index (χ3v) is 3.65. The molecule has 120 valence electrons. The highest BCUT2D eigenvalue weighted by Gasteiger charge is 2.11. The number of rotatable bonds is 6. The highest BCUT2D eigenvalue weighted by atomic mass is 16.1. The topological polar surface area (TPSA) is 72.1 Å². The Morgan fingerprint density at radius 2 is 1.38 bits per heavy atom. The summed E-state index contributed by atoms with van der Waals surface area (Å²) in [5.41, 5.74) is 7.75. The average Bonchev–Trinajstić information content (AvgIpc) is 2.63. The summed E-state index contributed by atoms with van der Waals surface area (Å²) in [5.74, 6) is 0.124. The molecule has 2 N–H and O–H groups in total. The van der Waals surface area contributed by atoms with Crippen molar-refractivity contribution in [1.82, 2.24) is 9.97 Å². The predicted octanol–water partition coefficient (Wildman–Crippen LogP) is 2.78. The van der Waals surface area contributed by atoms with E-state index in [4.69, 9.17) is 5.73 Å². The summed E-state index contributed by atoms with van der Waals surface area (Å²) < 4.78 is 0. The van der Waals surface area contributed by atoms with Crippen molar-refractivity contribution in [3.63, 3.8) is 0 Å². The third kappa shape index (κ3) is 3.95. The monoisotopic (exact) mass is 318 g/mol. The average molecular weight is 318 g/mol. The molecule has 3 rings (SSSR count). The molecule has 0 radical (unpaired) electrons. The smallest absolute Gasteiger partial charge is 0.268 e. The van der Waals surface area contributed by atoms with E-state index in [0.717, 1.165) is 0 Å². The normalized spacial score (nSPS) is 10.3. The first-order chi connectivity index (χ1) is 11.7. The van der Waals surface area contributed by atoms with Crippen LogP contribution in [0.1, 0.15) is 21.6 Å². The van der Waals surface area contributed by atoms with Gasteiger partial charge in [-0.1, -0.05) is 60.7 Å². The number of nitrogens with two attached hydrogens (primary N) is 1. The second-order valence-electron chi connectivity index (χ2n) is 5.45. The standard InChI is InChI=1S/C19H18N4O/c20-19(24)17-11-22-18(12-21-17)23(13-15-7-3-1-4-8-15)14-16-9-5-2-6-10-16/h1-12H,13-14H2,(H2,20,24). The van der Waals surface area contributed by atoms with Crippen molar-refractivity contribution in [2.45, 2.75) is 13.1 Å². The highest BCUT2D eigenvalue weighted by Crippen LogP contribution is 2.17. The van der Waals surface area contributed by atoms with E-state index in [2.05, 4.69) is 39.1 Å². The molecule has 1 amide bonds. The van der Waals surface area contributed by atoms with Crippen LogP contribution in [0, 0.1) is 0 Å². The van der Waals surface area contributed by atoms with Crippen LogP contribution < -0.4 is 10.6 Å². The Hall–Kier alpha value is -3.21. The molecule has 2 aromatic carbocycles. The summed E-state index contributed by atoms with van der Waals surface area (Å²) in [6.07, 6.45) is 3.01. The van der Waals surface area contributed by atoms with Crippen molar-refractivity contribution in [3.8, 4) is 0 Å². The van der Waals surface area contributed by atoms with E-state index in [0.29, 0.717) is 18.9 Å². The fourth-order valence-corrected chi connectivity index (χ4v) is 2.44. The molecule has 5 nitrogen and oxygen atoms in total. The van der Waals surface area contributed by atoms with Crippen LogP contribution in [0.25, 0.3) is 0 Å². The second kappa shape index (κ2) is 7.37. The van der Waals surface area contributed by atoms with Crippen LogP contribution >= 0.6 is 0 Å². The zero-order valence-electron chi connectivity index (χ0n) is 13.2. The lowest BCUT2D eigenvalue weighted by Gasteiger charge is -2.23. The molecule has 1 aromatic heterocycles. The summed E-state index contributed by atoms with van der Waals surface area (Å²) in [6, 6.07) is 20.3. The van der Waals surface area contributed by atoms with Gasteiger partial charge in [0.1, 0.15) is 11.5 Å². The number of hydrogen-bond donors (Lipinski definition) is 1. The number of nitrogens with zero attached hydrogens (tertiary/aromatic N) is 3. The summed E-state index contributed by atoms with van der Waals surface area (Å²) in [6.45, 7) is 1.39. The minimum absolute atomic E-state index is 0.165. The number of hydrogen-bond acceptors (Lipinski definition) is 4. The number of aromatic nitrogens is 2. The Morgan fingerprint density at radius 3 is 1.79 bits per heavy atom. The fourth-order valence-electron chi connectivity index (χ4n) is 2.44. The molecular formula is C19H18N4O. The van der Waals surface area contributed by atoms with Crippen molar-refractivity contribution in [3.05, 3.63) is 89.9 Å². The van der Waals surface area contributed by atoms with Gasteiger partial charge in [0.15, 0.2) is 0 Å². The second-order valence-corrected chi connectivity index (χ2v) is 5.45. The molecule has 3 aromatic rings. The molecule has 5 heteroatoms. The zero-order chi connectivity index (χ0) is 16.8. The molecule has 0 fully saturated rings. The summed E-state index contributed by atoms with van der Waals surface area (Å²) >= 11 is 0. The lowest BCUT2D eigenvalue weighted by Crippen LogP contribution is -2.24. The van der Waals surface area contributed by atoms with Crippen molar-refractivity contribution in [2.24, 2.45) is 5.73 Å². The van der Waals surface area contributed by atoms with Crippen LogP contribution in [-0.2, 0) is 13.1 Å². The van der Waals surface area contributed by atoms with Gasteiger partial charge in [-0.15, -0.1) is 0 Å². The van der Waals surface area contributed by atoms with E-state index in [1.165, 1.54) is 17.3 Å². The molecule has 0 aliphatic carbocycles. The summed E-state index contributed by atoms with van der Waals surface area (Å²) in [4.78, 5) is 21.7. The molecule has 1 heterocycles. The molecule has 0 saturated carbocycles. The SMILES string of the molecule is NC(=O)c1cnc(N(Cc2ccccc2)Cc2ccccc2)cn1. The van der Waals surface area contributed by atoms with Gasteiger partial charge in [-0.05, 0) is 11.1 Å². The summed E-state index contributed by atoms with van der Waals surface area (Å²) in [5, 5.41) is 0. The van der Waals surface area contributed by atoms with Crippen molar-refractivity contribution in [1.29, 1.82) is 0 Å². The van der Waals surface area contributed by atoms with E-state index in [1.54, 1.807) is 6.20 Å². The number of carbonyl (C=O) groups excluding carboxylic acids is 1. The molecule has 24 heavy (non-hydrogen) atoms. The minimum Gasteiger partial charge on any atom is -0.364 e. The molecule has 0 aliphatic rings. The van der Waals surface area contributed by atoms with Crippen LogP contribution in [0.2, 0.25) is 0 Å². The Balaban J connectivity index is 1.87. The lowest BCUT2D eigenvalue weighted by molar-refractivity contribution is 0.0995. The first kappa shape index (κ1) is 15.7. The van der Waals surface area contributed by atoms with Crippen molar-refractivity contribution >= 4 is 11.7 Å². The number of primary amides is 1. The molecule has 0 spiro atoms. The van der Waals surface area contributed by atoms with E-state index in [9.17, 15) is 4.79 Å². The van der Waals surface area contributed by atoms with Crippen molar-refractivity contribution < 1.29 is 4.79 Å². The molecule has 0 atom stereocenters. The Labute approximate surface area is 140 Å². The van der Waals surface area contributed by atoms with Gasteiger partial charge < -0.3 is 10.6 Å². The third-order valence-electron chi connectivity index (χ3n) is 3.65. The van der Waals surface area contributed by atoms with Gasteiger partial charge in [0.25, 0.3) is 5.91 Å². The number of anilines is 1. The van der Waals surface area contributed by atoms with E-state index < -0.39 is 5.91 Å². The van der Waals surface area contributed by atoms with Gasteiger partial charge in [0.2, 0.25) is 0 Å². The fraction of sp³-hybridized carbons (Fsp3) is 0.105. The maximum atomic E-state index is 11.2. The van der Waals surface area contributed by atoms with E-state index >= 15 is 0 Å². The Kier molecular flexibility index (Phi) is 4.81. The first-order valence-corrected chi connectivity index (χ1v) is 7.67. The lowest BCUT2D eigenvalue weighted by atomic mass is 10.1. The maximum absolute atomic E-state index is 11.2. The van der Waals surface area contributed by atoms with Gasteiger partial charge in [0, 0.05) is 13.1 Å². The minimum atomic E-state index is -0.577. The van der Waals surface area contributed by atoms with Crippen LogP contribution in [0.15, 0.2) is 73.1 Å². The zero-order valence-corrected chi connectivity index (χ0v) is 13.2. The Bertz CT molecular complexity index is 747. The molecule has 0 bridgehead atoms.